The summed E-state index contributed by atoms with van der Waals surface area (Å²) in [6.07, 6.45) is 4.01. The third kappa shape index (κ3) is 5.11. The van der Waals surface area contributed by atoms with E-state index in [-0.39, 0.29) is 22.8 Å². The highest BCUT2D eigenvalue weighted by Gasteiger charge is 2.28. The molecule has 3 nitrogen and oxygen atoms in total. The Morgan fingerprint density at radius 2 is 1.79 bits per heavy atom. The Kier molecular flexibility index (Phi) is 7.56. The van der Waals surface area contributed by atoms with Crippen LogP contribution in [-0.4, -0.2) is 26.4 Å². The second-order valence-electron chi connectivity index (χ2n) is 7.28. The Morgan fingerprint density at radius 3 is 2.45 bits per heavy atom. The molecule has 0 saturated carbocycles. The molecule has 3 rings (SSSR count). The van der Waals surface area contributed by atoms with E-state index in [1.54, 1.807) is 0 Å². The number of rotatable bonds is 8. The molecular formula is C23H27F3O3. The molecule has 0 amide bonds. The largest absolute Gasteiger partial charge is 0.497 e. The summed E-state index contributed by atoms with van der Waals surface area (Å²) in [5, 5.41) is 0. The van der Waals surface area contributed by atoms with Crippen LogP contribution in [-0.2, 0) is 9.47 Å². The van der Waals surface area contributed by atoms with E-state index in [9.17, 15) is 13.2 Å². The molecule has 6 heteroatoms. The molecule has 1 aliphatic rings. The average Bonchev–Trinajstić information content (AvgIpc) is 2.74. The number of benzene rings is 2. The van der Waals surface area contributed by atoms with Gasteiger partial charge in [-0.3, -0.25) is 0 Å². The van der Waals surface area contributed by atoms with Crippen molar-refractivity contribution < 1.29 is 27.4 Å². The van der Waals surface area contributed by atoms with E-state index in [1.165, 1.54) is 31.4 Å². The zero-order valence-corrected chi connectivity index (χ0v) is 16.8. The monoisotopic (exact) mass is 408 g/mol. The lowest BCUT2D eigenvalue weighted by atomic mass is 9.96. The van der Waals surface area contributed by atoms with Gasteiger partial charge in [0.2, 0.25) is 0 Å². The van der Waals surface area contributed by atoms with Crippen molar-refractivity contribution in [3.8, 4) is 16.9 Å². The van der Waals surface area contributed by atoms with E-state index >= 15 is 0 Å². The van der Waals surface area contributed by atoms with Crippen LogP contribution >= 0.6 is 0 Å². The third-order valence-corrected chi connectivity index (χ3v) is 5.26. The normalized spacial score (nSPS) is 19.3. The van der Waals surface area contributed by atoms with E-state index in [4.69, 9.17) is 14.2 Å². The first-order valence-corrected chi connectivity index (χ1v) is 10.1. The van der Waals surface area contributed by atoms with Gasteiger partial charge in [-0.2, -0.15) is 0 Å². The van der Waals surface area contributed by atoms with E-state index in [0.717, 1.165) is 31.7 Å². The van der Waals surface area contributed by atoms with Gasteiger partial charge in [-0.1, -0.05) is 31.9 Å². The summed E-state index contributed by atoms with van der Waals surface area (Å²) in [6.45, 7) is 3.18. The lowest BCUT2D eigenvalue weighted by molar-refractivity contribution is -0.0882. The van der Waals surface area contributed by atoms with Gasteiger partial charge < -0.3 is 14.2 Å². The number of halogens is 3. The maximum Gasteiger partial charge on any atom is 0.167 e. The fraction of sp³-hybridized carbons (Fsp3) is 0.478. The third-order valence-electron chi connectivity index (χ3n) is 5.26. The van der Waals surface area contributed by atoms with E-state index < -0.39 is 23.6 Å². The van der Waals surface area contributed by atoms with Crippen molar-refractivity contribution >= 4 is 0 Å². The van der Waals surface area contributed by atoms with Crippen molar-refractivity contribution in [2.45, 2.75) is 51.2 Å². The van der Waals surface area contributed by atoms with Gasteiger partial charge in [-0.05, 0) is 31.4 Å². The Balaban J connectivity index is 1.69. The van der Waals surface area contributed by atoms with Crippen molar-refractivity contribution in [1.29, 1.82) is 0 Å². The second-order valence-corrected chi connectivity index (χ2v) is 7.28. The van der Waals surface area contributed by atoms with Gasteiger partial charge >= 0.3 is 0 Å². The first-order chi connectivity index (χ1) is 14.0. The molecule has 1 aliphatic heterocycles. The molecule has 0 aliphatic carbocycles. The van der Waals surface area contributed by atoms with Crippen LogP contribution < -0.4 is 4.74 Å². The molecule has 0 radical (unpaired) electrons. The first kappa shape index (κ1) is 21.7. The van der Waals surface area contributed by atoms with Crippen molar-refractivity contribution in [3.05, 3.63) is 53.3 Å². The molecule has 1 saturated heterocycles. The number of ether oxygens (including phenoxy) is 3. The minimum atomic E-state index is -1.08. The molecule has 2 unspecified atom stereocenters. The van der Waals surface area contributed by atoms with Crippen LogP contribution in [0.25, 0.3) is 11.1 Å². The summed E-state index contributed by atoms with van der Waals surface area (Å²) in [4.78, 5) is 0. The van der Waals surface area contributed by atoms with Crippen LogP contribution in [0.4, 0.5) is 13.2 Å². The second kappa shape index (κ2) is 10.1. The maximum absolute atomic E-state index is 14.8. The zero-order chi connectivity index (χ0) is 20.8. The van der Waals surface area contributed by atoms with Gasteiger partial charge in [0, 0.05) is 29.4 Å². The molecule has 2 aromatic rings. The van der Waals surface area contributed by atoms with Gasteiger partial charge in [0.1, 0.15) is 11.6 Å². The highest BCUT2D eigenvalue weighted by atomic mass is 19.2. The molecular weight excluding hydrogens is 381 g/mol. The molecule has 2 atom stereocenters. The predicted molar refractivity (Wildman–Crippen MR) is 105 cm³/mol. The first-order valence-electron chi connectivity index (χ1n) is 10.1. The highest BCUT2D eigenvalue weighted by molar-refractivity contribution is 5.66. The lowest BCUT2D eigenvalue weighted by Crippen LogP contribution is -2.28. The molecule has 1 fully saturated rings. The summed E-state index contributed by atoms with van der Waals surface area (Å²) in [5.41, 5.74) is 0.0165. The molecule has 0 N–H and O–H groups in total. The van der Waals surface area contributed by atoms with Crippen molar-refractivity contribution in [2.75, 3.05) is 20.3 Å². The van der Waals surface area contributed by atoms with Gasteiger partial charge in [-0.15, -0.1) is 0 Å². The van der Waals surface area contributed by atoms with Crippen LogP contribution in [0.2, 0.25) is 0 Å². The summed E-state index contributed by atoms with van der Waals surface area (Å²) in [5.74, 6) is -2.43. The van der Waals surface area contributed by atoms with Crippen molar-refractivity contribution in [1.82, 2.24) is 0 Å². The van der Waals surface area contributed by atoms with E-state index in [2.05, 4.69) is 6.92 Å². The van der Waals surface area contributed by atoms with E-state index in [0.29, 0.717) is 25.4 Å². The Labute approximate surface area is 169 Å². The molecule has 0 spiro atoms. The number of methoxy groups -OCH3 is 1. The number of unbranched alkanes of at least 4 members (excludes halogenated alkanes) is 2. The minimum absolute atomic E-state index is 0.0105. The maximum atomic E-state index is 14.8. The van der Waals surface area contributed by atoms with Gasteiger partial charge in [-0.25, -0.2) is 13.2 Å². The Morgan fingerprint density at radius 1 is 1.00 bits per heavy atom. The van der Waals surface area contributed by atoms with Crippen LogP contribution in [0, 0.1) is 17.5 Å². The Bertz CT molecular complexity index is 817. The standard InChI is InChI=1S/C23H27F3O3/c1-3-4-5-12-28-16-7-11-21(29-14-16)19-10-9-18(22(25)23(19)26)17-8-6-15(27-2)13-20(17)24/h6,8-10,13,16,21H,3-5,7,11-12,14H2,1-2H3. The molecule has 1 heterocycles. The highest BCUT2D eigenvalue weighted by Crippen LogP contribution is 2.36. The summed E-state index contributed by atoms with van der Waals surface area (Å²) in [7, 11) is 1.41. The van der Waals surface area contributed by atoms with Crippen molar-refractivity contribution in [2.24, 2.45) is 0 Å². The Hall–Kier alpha value is -2.05. The smallest absolute Gasteiger partial charge is 0.167 e. The van der Waals surface area contributed by atoms with Gasteiger partial charge in [0.05, 0.1) is 25.9 Å². The summed E-state index contributed by atoms with van der Waals surface area (Å²) >= 11 is 0. The predicted octanol–water partition coefficient (Wildman–Crippen LogP) is 6.21. The van der Waals surface area contributed by atoms with Crippen LogP contribution in [0.3, 0.4) is 0 Å². The summed E-state index contributed by atoms with van der Waals surface area (Å²) < 4.78 is 60.2. The average molecular weight is 408 g/mol. The molecule has 0 aromatic heterocycles. The number of hydrogen-bond acceptors (Lipinski definition) is 3. The van der Waals surface area contributed by atoms with Crippen molar-refractivity contribution in [3.63, 3.8) is 0 Å². The van der Waals surface area contributed by atoms with Crippen LogP contribution in [0.15, 0.2) is 30.3 Å². The SMILES string of the molecule is CCCCCOC1CCC(c2ccc(-c3ccc(OC)cc3F)c(F)c2F)OC1. The minimum Gasteiger partial charge on any atom is -0.497 e. The number of hydrogen-bond donors (Lipinski definition) is 0. The molecule has 2 aromatic carbocycles. The fourth-order valence-electron chi connectivity index (χ4n) is 3.57. The van der Waals surface area contributed by atoms with Gasteiger partial charge in [0.25, 0.3) is 0 Å². The van der Waals surface area contributed by atoms with Crippen LogP contribution in [0.1, 0.15) is 50.7 Å². The molecule has 158 valence electrons. The fourth-order valence-corrected chi connectivity index (χ4v) is 3.57. The summed E-state index contributed by atoms with van der Waals surface area (Å²) in [6, 6.07) is 6.91. The molecule has 0 bridgehead atoms. The molecule has 29 heavy (non-hydrogen) atoms. The van der Waals surface area contributed by atoms with Gasteiger partial charge in [0.15, 0.2) is 11.6 Å². The van der Waals surface area contributed by atoms with E-state index in [1.807, 2.05) is 0 Å². The van der Waals surface area contributed by atoms with Crippen LogP contribution in [0.5, 0.6) is 5.75 Å². The lowest BCUT2D eigenvalue weighted by Gasteiger charge is -2.29. The quantitative estimate of drug-likeness (QED) is 0.486. The zero-order valence-electron chi connectivity index (χ0n) is 16.8. The topological polar surface area (TPSA) is 27.7 Å².